The highest BCUT2D eigenvalue weighted by molar-refractivity contribution is 9.10. The van der Waals surface area contributed by atoms with E-state index in [1.54, 1.807) is 41.0 Å². The summed E-state index contributed by atoms with van der Waals surface area (Å²) < 4.78 is 0.717. The third kappa shape index (κ3) is 7.33. The number of hydrogen-bond donors (Lipinski definition) is 2. The molecule has 9 nitrogen and oxygen atoms in total. The van der Waals surface area contributed by atoms with E-state index in [4.69, 9.17) is 5.10 Å². The molecular formula is C40H39BrN4O5. The summed E-state index contributed by atoms with van der Waals surface area (Å²) in [6, 6.07) is 32.1. The highest BCUT2D eigenvalue weighted by atomic mass is 79.9. The Labute approximate surface area is 300 Å². The number of hydrazone groups is 1. The average molecular weight is 736 g/mol. The SMILES string of the molecule is C[C@@H](/C=C/CC(=O)N(CCO)Cc1ccccc1)[C@]1(O)C(=O)N(Cc2cccc(N3N=C(c4ccccc4)CCC3=O)c2)c2ccc(Br)cc21. The fourth-order valence-electron chi connectivity index (χ4n) is 6.50. The number of carbonyl (C=O) groups is 3. The predicted molar refractivity (Wildman–Crippen MR) is 197 cm³/mol. The maximum absolute atomic E-state index is 14.2. The monoisotopic (exact) mass is 734 g/mol. The van der Waals surface area contributed by atoms with E-state index in [2.05, 4.69) is 15.9 Å². The van der Waals surface area contributed by atoms with Crippen LogP contribution in [0, 0.1) is 5.92 Å². The molecule has 4 aromatic rings. The van der Waals surface area contributed by atoms with Gasteiger partial charge in [-0.15, -0.1) is 0 Å². The summed E-state index contributed by atoms with van der Waals surface area (Å²) in [6.45, 7) is 2.33. The summed E-state index contributed by atoms with van der Waals surface area (Å²) >= 11 is 3.50. The summed E-state index contributed by atoms with van der Waals surface area (Å²) in [4.78, 5) is 43.5. The molecule has 4 aromatic carbocycles. The van der Waals surface area contributed by atoms with E-state index in [1.165, 1.54) is 5.01 Å². The average Bonchev–Trinajstić information content (AvgIpc) is 3.34. The van der Waals surface area contributed by atoms with Gasteiger partial charge < -0.3 is 20.0 Å². The molecule has 3 amide bonds. The van der Waals surface area contributed by atoms with Gasteiger partial charge in [0.05, 0.1) is 30.2 Å². The second-order valence-corrected chi connectivity index (χ2v) is 13.5. The Morgan fingerprint density at radius 1 is 0.960 bits per heavy atom. The number of halogens is 1. The largest absolute Gasteiger partial charge is 0.395 e. The zero-order valence-corrected chi connectivity index (χ0v) is 29.4. The minimum Gasteiger partial charge on any atom is -0.395 e. The van der Waals surface area contributed by atoms with Crippen molar-refractivity contribution in [3.8, 4) is 0 Å². The number of anilines is 2. The van der Waals surface area contributed by atoms with E-state index >= 15 is 0 Å². The molecule has 0 spiro atoms. The first-order chi connectivity index (χ1) is 24.2. The fourth-order valence-corrected chi connectivity index (χ4v) is 6.86. The smallest absolute Gasteiger partial charge is 0.264 e. The quantitative estimate of drug-likeness (QED) is 0.166. The van der Waals surface area contributed by atoms with Crippen molar-refractivity contribution in [2.45, 2.75) is 44.9 Å². The number of fused-ring (bicyclic) bond motifs is 1. The van der Waals surface area contributed by atoms with Crippen LogP contribution in [0.3, 0.4) is 0 Å². The molecule has 6 rings (SSSR count). The first kappa shape index (κ1) is 34.9. The van der Waals surface area contributed by atoms with Gasteiger partial charge >= 0.3 is 0 Å². The van der Waals surface area contributed by atoms with Gasteiger partial charge in [0.2, 0.25) is 11.8 Å². The van der Waals surface area contributed by atoms with Gasteiger partial charge in [-0.05, 0) is 47.0 Å². The lowest BCUT2D eigenvalue weighted by Crippen LogP contribution is -2.44. The molecule has 0 radical (unpaired) electrons. The highest BCUT2D eigenvalue weighted by Crippen LogP contribution is 2.47. The molecule has 256 valence electrons. The number of benzene rings is 4. The summed E-state index contributed by atoms with van der Waals surface area (Å²) in [6.07, 6.45) is 4.32. The number of rotatable bonds is 12. The van der Waals surface area contributed by atoms with Crippen molar-refractivity contribution < 1.29 is 24.6 Å². The zero-order chi connectivity index (χ0) is 35.3. The standard InChI is InChI=1S/C40H39BrN4O5/c1-28(10-8-17-37(47)43(22-23-46)26-29-11-4-2-5-12-29)40(50)34-25-32(41)18-20-36(34)44(39(40)49)27-30-13-9-16-33(24-30)45-38(48)21-19-35(42-45)31-14-6-3-7-15-31/h2-16,18,20,24-25,28,46,50H,17,19,21-23,26-27H2,1H3/b10-8+/t28-,40+/m0/s1. The van der Waals surface area contributed by atoms with Crippen LogP contribution in [0.4, 0.5) is 11.4 Å². The molecule has 50 heavy (non-hydrogen) atoms. The summed E-state index contributed by atoms with van der Waals surface area (Å²) in [5, 5.41) is 27.9. The summed E-state index contributed by atoms with van der Waals surface area (Å²) in [7, 11) is 0. The van der Waals surface area contributed by atoms with Crippen molar-refractivity contribution >= 4 is 50.7 Å². The van der Waals surface area contributed by atoms with Crippen LogP contribution in [0.2, 0.25) is 0 Å². The molecule has 2 aliphatic heterocycles. The van der Waals surface area contributed by atoms with Crippen LogP contribution in [-0.4, -0.2) is 51.7 Å². The van der Waals surface area contributed by atoms with E-state index in [0.717, 1.165) is 22.4 Å². The van der Waals surface area contributed by atoms with E-state index in [0.29, 0.717) is 40.8 Å². The maximum atomic E-state index is 14.2. The van der Waals surface area contributed by atoms with Gasteiger partial charge in [0.25, 0.3) is 5.91 Å². The topological polar surface area (TPSA) is 114 Å². The number of aliphatic hydroxyl groups is 2. The van der Waals surface area contributed by atoms with Crippen LogP contribution in [0.15, 0.2) is 125 Å². The predicted octanol–water partition coefficient (Wildman–Crippen LogP) is 6.32. The van der Waals surface area contributed by atoms with Crippen LogP contribution in [0.5, 0.6) is 0 Å². The molecule has 0 unspecified atom stereocenters. The first-order valence-corrected chi connectivity index (χ1v) is 17.5. The Balaban J connectivity index is 1.21. The Bertz CT molecular complexity index is 1930. The van der Waals surface area contributed by atoms with Gasteiger partial charge in [0.15, 0.2) is 5.60 Å². The third-order valence-electron chi connectivity index (χ3n) is 9.18. The molecule has 0 saturated carbocycles. The van der Waals surface area contributed by atoms with Crippen LogP contribution in [-0.2, 0) is 33.1 Å². The van der Waals surface area contributed by atoms with Crippen molar-refractivity contribution in [2.75, 3.05) is 23.1 Å². The van der Waals surface area contributed by atoms with Crippen molar-refractivity contribution in [2.24, 2.45) is 11.0 Å². The molecule has 2 atom stereocenters. The molecule has 10 heteroatoms. The van der Waals surface area contributed by atoms with E-state index in [1.807, 2.05) is 91.0 Å². The van der Waals surface area contributed by atoms with Crippen LogP contribution in [0.25, 0.3) is 0 Å². The molecule has 2 heterocycles. The van der Waals surface area contributed by atoms with Gasteiger partial charge in [-0.2, -0.15) is 5.10 Å². The second-order valence-electron chi connectivity index (χ2n) is 12.6. The number of carbonyl (C=O) groups excluding carboxylic acids is 3. The first-order valence-electron chi connectivity index (χ1n) is 16.7. The van der Waals surface area contributed by atoms with Crippen molar-refractivity contribution in [3.63, 3.8) is 0 Å². The van der Waals surface area contributed by atoms with E-state index in [-0.39, 0.29) is 37.9 Å². The molecular weight excluding hydrogens is 696 g/mol. The lowest BCUT2D eigenvalue weighted by Gasteiger charge is -2.28. The lowest BCUT2D eigenvalue weighted by atomic mass is 9.83. The summed E-state index contributed by atoms with van der Waals surface area (Å²) in [5.74, 6) is -1.44. The molecule has 2 N–H and O–H groups in total. The number of hydrogen-bond acceptors (Lipinski definition) is 6. The number of nitrogens with zero attached hydrogens (tertiary/aromatic N) is 4. The molecule has 0 saturated heterocycles. The summed E-state index contributed by atoms with van der Waals surface area (Å²) in [5.41, 5.74) is 3.27. The Morgan fingerprint density at radius 3 is 2.42 bits per heavy atom. The Hall–Kier alpha value is -4.90. The fraction of sp³-hybridized carbons (Fsp3) is 0.250. The van der Waals surface area contributed by atoms with Gasteiger partial charge in [0.1, 0.15) is 0 Å². The van der Waals surface area contributed by atoms with Gasteiger partial charge in [-0.3, -0.25) is 14.4 Å². The van der Waals surface area contributed by atoms with E-state index < -0.39 is 17.4 Å². The minimum atomic E-state index is -1.89. The molecule has 0 fully saturated rings. The number of amides is 3. The molecule has 0 aliphatic carbocycles. The zero-order valence-electron chi connectivity index (χ0n) is 27.8. The van der Waals surface area contributed by atoms with Crippen molar-refractivity contribution in [1.29, 1.82) is 0 Å². The molecule has 0 aromatic heterocycles. The lowest BCUT2D eigenvalue weighted by molar-refractivity contribution is -0.139. The van der Waals surface area contributed by atoms with Gasteiger partial charge in [-0.1, -0.05) is 108 Å². The van der Waals surface area contributed by atoms with Gasteiger partial charge in [-0.25, -0.2) is 5.01 Å². The number of aliphatic hydroxyl groups excluding tert-OH is 1. The normalized spacial score (nSPS) is 18.0. The molecule has 2 aliphatic rings. The minimum absolute atomic E-state index is 0.0486. The highest BCUT2D eigenvalue weighted by Gasteiger charge is 2.52. The van der Waals surface area contributed by atoms with Crippen LogP contribution < -0.4 is 9.91 Å². The second kappa shape index (κ2) is 15.3. The maximum Gasteiger partial charge on any atom is 0.264 e. The van der Waals surface area contributed by atoms with Crippen LogP contribution >= 0.6 is 15.9 Å². The van der Waals surface area contributed by atoms with Crippen LogP contribution in [0.1, 0.15) is 48.4 Å². The van der Waals surface area contributed by atoms with E-state index in [9.17, 15) is 24.6 Å². The van der Waals surface area contributed by atoms with Crippen molar-refractivity contribution in [3.05, 3.63) is 142 Å². The molecule has 0 bridgehead atoms. The van der Waals surface area contributed by atoms with Gasteiger partial charge in [0, 0.05) is 48.3 Å². The third-order valence-corrected chi connectivity index (χ3v) is 9.68. The Morgan fingerprint density at radius 2 is 1.68 bits per heavy atom. The van der Waals surface area contributed by atoms with Crippen molar-refractivity contribution in [1.82, 2.24) is 4.90 Å². The Kier molecular flexibility index (Phi) is 10.7.